The molecule has 2 amide bonds. The van der Waals surface area contributed by atoms with E-state index < -0.39 is 6.17 Å². The summed E-state index contributed by atoms with van der Waals surface area (Å²) in [6.45, 7) is 3.03. The normalized spacial score (nSPS) is 17.7. The zero-order valence-corrected chi connectivity index (χ0v) is 18.3. The number of ether oxygens (including phenoxy) is 2. The number of amides is 2. The molecule has 0 spiro atoms. The van der Waals surface area contributed by atoms with Crippen molar-refractivity contribution in [1.29, 1.82) is 0 Å². The zero-order valence-electron chi connectivity index (χ0n) is 15.9. The van der Waals surface area contributed by atoms with Crippen molar-refractivity contribution in [3.8, 4) is 11.5 Å². The Hall–Kier alpha value is -2.46. The number of methoxy groups -OCH3 is 1. The monoisotopic (exact) mass is 481 g/mol. The predicted octanol–water partition coefficient (Wildman–Crippen LogP) is 3.59. The molecule has 2 aromatic rings. The lowest BCUT2D eigenvalue weighted by Crippen LogP contribution is -2.39. The number of hydrogen-bond acceptors (Lipinski definition) is 7. The molecule has 154 valence electrons. The maximum atomic E-state index is 12.9. The predicted molar refractivity (Wildman–Crippen MR) is 112 cm³/mol. The molecule has 29 heavy (non-hydrogen) atoms. The topological polar surface area (TPSA) is 100 Å². The average molecular weight is 482 g/mol. The molecule has 3 heterocycles. The SMILES string of the molecule is CCOC(=O)N1CCc2c(sc3c2C(=O)NC(c2cc(Br)cc(OC)c2O)N3)C1. The summed E-state index contributed by atoms with van der Waals surface area (Å²) < 4.78 is 11.0. The van der Waals surface area contributed by atoms with Crippen LogP contribution < -0.4 is 15.4 Å². The molecule has 2 aliphatic heterocycles. The second-order valence-corrected chi connectivity index (χ2v) is 8.70. The van der Waals surface area contributed by atoms with E-state index in [1.807, 2.05) is 0 Å². The highest BCUT2D eigenvalue weighted by Crippen LogP contribution is 2.43. The van der Waals surface area contributed by atoms with Gasteiger partial charge in [-0.15, -0.1) is 11.3 Å². The van der Waals surface area contributed by atoms with Crippen molar-refractivity contribution < 1.29 is 24.2 Å². The Balaban J connectivity index is 1.64. The highest BCUT2D eigenvalue weighted by molar-refractivity contribution is 9.10. The lowest BCUT2D eigenvalue weighted by atomic mass is 10.0. The minimum atomic E-state index is -0.609. The number of phenolic OH excluding ortho intramolecular Hbond substituents is 1. The number of hydrogen-bond donors (Lipinski definition) is 3. The summed E-state index contributed by atoms with van der Waals surface area (Å²) in [7, 11) is 1.47. The van der Waals surface area contributed by atoms with Gasteiger partial charge < -0.3 is 30.1 Å². The van der Waals surface area contributed by atoms with Crippen LogP contribution >= 0.6 is 27.3 Å². The van der Waals surface area contributed by atoms with Crippen molar-refractivity contribution in [2.75, 3.05) is 25.6 Å². The number of halogens is 1. The molecule has 8 nitrogen and oxygen atoms in total. The fourth-order valence-corrected chi connectivity index (χ4v) is 5.36. The van der Waals surface area contributed by atoms with Gasteiger partial charge in [0.25, 0.3) is 5.91 Å². The quantitative estimate of drug-likeness (QED) is 0.619. The summed E-state index contributed by atoms with van der Waals surface area (Å²) >= 11 is 4.86. The van der Waals surface area contributed by atoms with Crippen LogP contribution in [0, 0.1) is 0 Å². The van der Waals surface area contributed by atoms with Gasteiger partial charge in [0.15, 0.2) is 11.5 Å². The van der Waals surface area contributed by atoms with Crippen molar-refractivity contribution >= 4 is 44.3 Å². The molecule has 0 saturated heterocycles. The summed E-state index contributed by atoms with van der Waals surface area (Å²) in [6, 6.07) is 3.39. The van der Waals surface area contributed by atoms with Crippen LogP contribution in [0.3, 0.4) is 0 Å². The molecule has 10 heteroatoms. The minimum Gasteiger partial charge on any atom is -0.504 e. The standard InChI is InChI=1S/C19H20BrN3O5S/c1-3-28-19(26)23-5-4-10-13(8-23)29-18-14(10)17(25)21-16(22-18)11-6-9(20)7-12(27-2)15(11)24/h6-7,16,22,24H,3-5,8H2,1-2H3,(H,21,25). The Morgan fingerprint density at radius 3 is 2.93 bits per heavy atom. The van der Waals surface area contributed by atoms with E-state index in [1.165, 1.54) is 18.4 Å². The van der Waals surface area contributed by atoms with Crippen LogP contribution in [-0.2, 0) is 17.7 Å². The summed E-state index contributed by atoms with van der Waals surface area (Å²) in [5.41, 5.74) is 2.08. The van der Waals surface area contributed by atoms with Gasteiger partial charge >= 0.3 is 6.09 Å². The first kappa shape index (κ1) is 19.8. The maximum Gasteiger partial charge on any atom is 0.410 e. The Morgan fingerprint density at radius 1 is 1.41 bits per heavy atom. The number of thiophene rings is 1. The third-order valence-corrected chi connectivity index (χ3v) is 6.57. The smallest absolute Gasteiger partial charge is 0.410 e. The van der Waals surface area contributed by atoms with Crippen LogP contribution in [0.25, 0.3) is 0 Å². The van der Waals surface area contributed by atoms with Crippen LogP contribution in [0.4, 0.5) is 9.80 Å². The first-order valence-corrected chi connectivity index (χ1v) is 10.7. The van der Waals surface area contributed by atoms with Crippen molar-refractivity contribution in [3.63, 3.8) is 0 Å². The number of nitrogens with zero attached hydrogens (tertiary/aromatic N) is 1. The van der Waals surface area contributed by atoms with E-state index in [0.29, 0.717) is 43.0 Å². The van der Waals surface area contributed by atoms with Crippen molar-refractivity contribution in [1.82, 2.24) is 10.2 Å². The molecule has 0 saturated carbocycles. The van der Waals surface area contributed by atoms with E-state index in [2.05, 4.69) is 26.6 Å². The molecule has 4 rings (SSSR count). The molecular weight excluding hydrogens is 462 g/mol. The Kier molecular flexibility index (Phi) is 5.30. The van der Waals surface area contributed by atoms with Crippen molar-refractivity contribution in [3.05, 3.63) is 38.2 Å². The Bertz CT molecular complexity index is 993. The van der Waals surface area contributed by atoms with Gasteiger partial charge in [-0.05, 0) is 31.0 Å². The molecule has 0 fully saturated rings. The van der Waals surface area contributed by atoms with E-state index in [-0.39, 0.29) is 17.7 Å². The molecule has 3 N–H and O–H groups in total. The fraction of sp³-hybridized carbons (Fsp3) is 0.368. The van der Waals surface area contributed by atoms with Crippen LogP contribution in [0.1, 0.15) is 39.5 Å². The van der Waals surface area contributed by atoms with E-state index >= 15 is 0 Å². The molecule has 1 atom stereocenters. The minimum absolute atomic E-state index is 0.0354. The number of benzene rings is 1. The number of carbonyl (C=O) groups is 2. The first-order chi connectivity index (χ1) is 13.9. The van der Waals surface area contributed by atoms with Crippen molar-refractivity contribution in [2.45, 2.75) is 26.1 Å². The maximum absolute atomic E-state index is 12.9. The number of phenols is 1. The molecule has 1 aromatic heterocycles. The lowest BCUT2D eigenvalue weighted by Gasteiger charge is -2.28. The van der Waals surface area contributed by atoms with Crippen molar-refractivity contribution in [2.24, 2.45) is 0 Å². The number of rotatable bonds is 3. The second kappa shape index (κ2) is 7.75. The van der Waals surface area contributed by atoms with Gasteiger partial charge in [0.05, 0.1) is 25.8 Å². The van der Waals surface area contributed by atoms with E-state index in [4.69, 9.17) is 9.47 Å². The number of carbonyl (C=O) groups excluding carboxylic acids is 2. The molecule has 0 bridgehead atoms. The highest BCUT2D eigenvalue weighted by Gasteiger charge is 2.35. The molecule has 0 aliphatic carbocycles. The van der Waals surface area contributed by atoms with Gasteiger partial charge in [0.1, 0.15) is 11.2 Å². The Morgan fingerprint density at radius 2 is 2.21 bits per heavy atom. The fourth-order valence-electron chi connectivity index (χ4n) is 3.61. The van der Waals surface area contributed by atoms with Crippen LogP contribution in [-0.4, -0.2) is 42.3 Å². The molecule has 1 unspecified atom stereocenters. The summed E-state index contributed by atoms with van der Waals surface area (Å²) in [5, 5.41) is 17.5. The third kappa shape index (κ3) is 3.51. The summed E-state index contributed by atoms with van der Waals surface area (Å²) in [5.74, 6) is 0.0720. The molecule has 1 aromatic carbocycles. The summed E-state index contributed by atoms with van der Waals surface area (Å²) in [6.07, 6.45) is -0.357. The molecule has 2 aliphatic rings. The third-order valence-electron chi connectivity index (χ3n) is 4.96. The number of aromatic hydroxyl groups is 1. The number of anilines is 1. The van der Waals surface area contributed by atoms with Gasteiger partial charge in [0.2, 0.25) is 0 Å². The Labute approximate surface area is 179 Å². The van der Waals surface area contributed by atoms with Gasteiger partial charge in [-0.25, -0.2) is 4.79 Å². The van der Waals surface area contributed by atoms with E-state index in [1.54, 1.807) is 24.0 Å². The lowest BCUT2D eigenvalue weighted by molar-refractivity contribution is 0.0933. The highest BCUT2D eigenvalue weighted by atomic mass is 79.9. The largest absolute Gasteiger partial charge is 0.504 e. The van der Waals surface area contributed by atoms with Crippen LogP contribution in [0.15, 0.2) is 16.6 Å². The van der Waals surface area contributed by atoms with Gasteiger partial charge in [-0.1, -0.05) is 15.9 Å². The van der Waals surface area contributed by atoms with Gasteiger partial charge in [-0.3, -0.25) is 4.79 Å². The van der Waals surface area contributed by atoms with Gasteiger partial charge in [0, 0.05) is 21.5 Å². The van der Waals surface area contributed by atoms with Crippen LogP contribution in [0.5, 0.6) is 11.5 Å². The first-order valence-electron chi connectivity index (χ1n) is 9.13. The summed E-state index contributed by atoms with van der Waals surface area (Å²) in [4.78, 5) is 27.6. The number of nitrogens with one attached hydrogen (secondary N) is 2. The zero-order chi connectivity index (χ0) is 20.7. The van der Waals surface area contributed by atoms with E-state index in [9.17, 15) is 14.7 Å². The van der Waals surface area contributed by atoms with E-state index in [0.717, 1.165) is 19.9 Å². The van der Waals surface area contributed by atoms with Gasteiger partial charge in [-0.2, -0.15) is 0 Å². The molecular formula is C19H20BrN3O5S. The second-order valence-electron chi connectivity index (χ2n) is 6.68. The number of fused-ring (bicyclic) bond motifs is 3. The van der Waals surface area contributed by atoms with Crippen LogP contribution in [0.2, 0.25) is 0 Å². The average Bonchev–Trinajstić information content (AvgIpc) is 3.07. The molecule has 0 radical (unpaired) electrons.